The molecule has 0 aliphatic carbocycles. The monoisotopic (exact) mass is 468 g/mol. The lowest BCUT2D eigenvalue weighted by molar-refractivity contribution is -0.133. The Morgan fingerprint density at radius 3 is 2.34 bits per heavy atom. The number of rotatable bonds is 6. The van der Waals surface area contributed by atoms with Crippen LogP contribution >= 0.6 is 22.9 Å². The Labute approximate surface area is 196 Å². The summed E-state index contributed by atoms with van der Waals surface area (Å²) < 4.78 is 0. The van der Waals surface area contributed by atoms with Gasteiger partial charge >= 0.3 is 0 Å². The molecule has 6 nitrogen and oxygen atoms in total. The molecule has 2 heterocycles. The van der Waals surface area contributed by atoms with E-state index in [1.807, 2.05) is 60.8 Å². The molecule has 0 bridgehead atoms. The highest BCUT2D eigenvalue weighted by atomic mass is 35.5. The lowest BCUT2D eigenvalue weighted by Crippen LogP contribution is -2.51. The van der Waals surface area contributed by atoms with Gasteiger partial charge in [0, 0.05) is 47.8 Å². The van der Waals surface area contributed by atoms with Crippen molar-refractivity contribution in [2.24, 2.45) is 0 Å². The number of nitrogens with one attached hydrogen (secondary N) is 1. The molecule has 1 saturated heterocycles. The van der Waals surface area contributed by atoms with Crippen molar-refractivity contribution < 1.29 is 9.59 Å². The number of hydrogen-bond donors (Lipinski definition) is 1. The van der Waals surface area contributed by atoms with Crippen molar-refractivity contribution in [2.45, 2.75) is 13.3 Å². The van der Waals surface area contributed by atoms with Gasteiger partial charge in [-0.05, 0) is 36.8 Å². The molecule has 2 aromatic carbocycles. The number of halogens is 1. The maximum absolute atomic E-state index is 12.5. The zero-order chi connectivity index (χ0) is 22.5. The summed E-state index contributed by atoms with van der Waals surface area (Å²) in [5.74, 6) is -0.209. The Kier molecular flexibility index (Phi) is 7.07. The minimum absolute atomic E-state index is 0.0238. The van der Waals surface area contributed by atoms with Crippen molar-refractivity contribution in [1.82, 2.24) is 15.2 Å². The number of aromatic nitrogens is 1. The molecule has 8 heteroatoms. The van der Waals surface area contributed by atoms with Crippen LogP contribution in [0.1, 0.15) is 10.6 Å². The fourth-order valence-corrected chi connectivity index (χ4v) is 4.44. The molecule has 1 fully saturated rings. The minimum Gasteiger partial charge on any atom is -0.368 e. The summed E-state index contributed by atoms with van der Waals surface area (Å²) in [6, 6.07) is 15.5. The van der Waals surface area contributed by atoms with Crippen LogP contribution in [0.4, 0.5) is 5.69 Å². The van der Waals surface area contributed by atoms with Crippen molar-refractivity contribution in [3.8, 4) is 11.3 Å². The highest BCUT2D eigenvalue weighted by Gasteiger charge is 2.21. The van der Waals surface area contributed by atoms with Gasteiger partial charge in [-0.2, -0.15) is 0 Å². The Hall–Kier alpha value is -2.90. The Bertz CT molecular complexity index is 1070. The summed E-state index contributed by atoms with van der Waals surface area (Å²) in [7, 11) is 0. The lowest BCUT2D eigenvalue weighted by atomic mass is 10.1. The van der Waals surface area contributed by atoms with Gasteiger partial charge in [-0.15, -0.1) is 11.3 Å². The van der Waals surface area contributed by atoms with Crippen LogP contribution in [0.3, 0.4) is 0 Å². The van der Waals surface area contributed by atoms with Gasteiger partial charge in [0.2, 0.25) is 11.8 Å². The summed E-state index contributed by atoms with van der Waals surface area (Å²) in [5.41, 5.74) is 3.99. The SMILES string of the molecule is Cc1nc(-c2ccc(CC(=O)NCC(=O)N3CCN(c4ccc(Cl)cc4)CC3)cc2)cs1. The maximum Gasteiger partial charge on any atom is 0.242 e. The van der Waals surface area contributed by atoms with E-state index in [9.17, 15) is 9.59 Å². The molecular weight excluding hydrogens is 444 g/mol. The molecule has 1 aliphatic rings. The summed E-state index contributed by atoms with van der Waals surface area (Å²) in [6.45, 7) is 4.78. The molecule has 166 valence electrons. The largest absolute Gasteiger partial charge is 0.368 e. The van der Waals surface area contributed by atoms with Crippen molar-refractivity contribution in [3.05, 3.63) is 69.5 Å². The predicted molar refractivity (Wildman–Crippen MR) is 129 cm³/mol. The van der Waals surface area contributed by atoms with Crippen LogP contribution in [0.25, 0.3) is 11.3 Å². The summed E-state index contributed by atoms with van der Waals surface area (Å²) >= 11 is 7.57. The molecule has 0 unspecified atom stereocenters. The molecule has 3 aromatic rings. The first kappa shape index (κ1) is 22.3. The summed E-state index contributed by atoms with van der Waals surface area (Å²) in [5, 5.41) is 6.52. The first-order chi connectivity index (χ1) is 15.5. The van der Waals surface area contributed by atoms with E-state index < -0.39 is 0 Å². The average molecular weight is 469 g/mol. The van der Waals surface area contributed by atoms with E-state index >= 15 is 0 Å². The number of nitrogens with zero attached hydrogens (tertiary/aromatic N) is 3. The van der Waals surface area contributed by atoms with Gasteiger partial charge in [-0.1, -0.05) is 35.9 Å². The Balaban J connectivity index is 1.21. The van der Waals surface area contributed by atoms with Gasteiger partial charge in [-0.3, -0.25) is 9.59 Å². The molecule has 1 aromatic heterocycles. The first-order valence-corrected chi connectivity index (χ1v) is 11.8. The number of carbonyl (C=O) groups is 2. The van der Waals surface area contributed by atoms with Gasteiger partial charge in [0.25, 0.3) is 0 Å². The van der Waals surface area contributed by atoms with Crippen LogP contribution in [0.15, 0.2) is 53.9 Å². The van der Waals surface area contributed by atoms with Crippen LogP contribution in [0.2, 0.25) is 5.02 Å². The molecule has 32 heavy (non-hydrogen) atoms. The van der Waals surface area contributed by atoms with Crippen LogP contribution < -0.4 is 10.2 Å². The molecule has 1 N–H and O–H groups in total. The van der Waals surface area contributed by atoms with E-state index in [1.54, 1.807) is 16.2 Å². The summed E-state index contributed by atoms with van der Waals surface area (Å²) in [4.78, 5) is 33.3. The number of aryl methyl sites for hydroxylation is 1. The minimum atomic E-state index is -0.157. The van der Waals surface area contributed by atoms with E-state index in [4.69, 9.17) is 11.6 Å². The number of anilines is 1. The molecular formula is C24H25ClN4O2S. The second-order valence-electron chi connectivity index (χ2n) is 7.75. The molecule has 0 atom stereocenters. The normalized spacial score (nSPS) is 13.8. The topological polar surface area (TPSA) is 65.5 Å². The standard InChI is InChI=1S/C24H25ClN4O2S/c1-17-27-22(16-32-17)19-4-2-18(3-5-19)14-23(30)26-15-24(31)29-12-10-28(11-13-29)21-8-6-20(25)7-9-21/h2-9,16H,10-15H2,1H3,(H,26,30). The zero-order valence-electron chi connectivity index (χ0n) is 17.9. The van der Waals surface area contributed by atoms with Gasteiger partial charge in [0.15, 0.2) is 0 Å². The fraction of sp³-hybridized carbons (Fsp3) is 0.292. The lowest BCUT2D eigenvalue weighted by Gasteiger charge is -2.36. The molecule has 4 rings (SSSR count). The molecule has 2 amide bonds. The maximum atomic E-state index is 12.5. The van der Waals surface area contributed by atoms with Gasteiger partial charge in [0.1, 0.15) is 0 Å². The number of piperazine rings is 1. The smallest absolute Gasteiger partial charge is 0.242 e. The van der Waals surface area contributed by atoms with E-state index in [2.05, 4.69) is 15.2 Å². The Morgan fingerprint density at radius 1 is 1.03 bits per heavy atom. The Morgan fingerprint density at radius 2 is 1.72 bits per heavy atom. The predicted octanol–water partition coefficient (Wildman–Crippen LogP) is 3.78. The third-order valence-electron chi connectivity index (χ3n) is 5.49. The van der Waals surface area contributed by atoms with E-state index in [-0.39, 0.29) is 24.8 Å². The van der Waals surface area contributed by atoms with Crippen molar-refractivity contribution in [3.63, 3.8) is 0 Å². The number of amides is 2. The van der Waals surface area contributed by atoms with Gasteiger partial charge in [0.05, 0.1) is 23.7 Å². The van der Waals surface area contributed by atoms with E-state index in [0.717, 1.165) is 40.6 Å². The second-order valence-corrected chi connectivity index (χ2v) is 9.25. The third kappa shape index (κ3) is 5.66. The van der Waals surface area contributed by atoms with Gasteiger partial charge in [-0.25, -0.2) is 4.98 Å². The first-order valence-electron chi connectivity index (χ1n) is 10.5. The number of hydrogen-bond acceptors (Lipinski definition) is 5. The third-order valence-corrected chi connectivity index (χ3v) is 6.52. The molecule has 0 saturated carbocycles. The highest BCUT2D eigenvalue weighted by molar-refractivity contribution is 7.09. The van der Waals surface area contributed by atoms with Crippen LogP contribution in [-0.2, 0) is 16.0 Å². The molecule has 1 aliphatic heterocycles. The van der Waals surface area contributed by atoms with Crippen molar-refractivity contribution in [2.75, 3.05) is 37.6 Å². The van der Waals surface area contributed by atoms with Crippen LogP contribution in [0.5, 0.6) is 0 Å². The van der Waals surface area contributed by atoms with Crippen LogP contribution in [-0.4, -0.2) is 54.4 Å². The average Bonchev–Trinajstić information content (AvgIpc) is 3.25. The zero-order valence-corrected chi connectivity index (χ0v) is 19.5. The van der Waals surface area contributed by atoms with E-state index in [0.29, 0.717) is 18.1 Å². The number of benzene rings is 2. The highest BCUT2D eigenvalue weighted by Crippen LogP contribution is 2.22. The van der Waals surface area contributed by atoms with E-state index in [1.165, 1.54) is 0 Å². The molecule has 0 spiro atoms. The van der Waals surface area contributed by atoms with Gasteiger partial charge < -0.3 is 15.1 Å². The summed E-state index contributed by atoms with van der Waals surface area (Å²) in [6.07, 6.45) is 0.244. The second kappa shape index (κ2) is 10.1. The van der Waals surface area contributed by atoms with Crippen LogP contribution in [0, 0.1) is 6.92 Å². The number of thiazole rings is 1. The van der Waals surface area contributed by atoms with Crippen molar-refractivity contribution in [1.29, 1.82) is 0 Å². The molecule has 0 radical (unpaired) electrons. The van der Waals surface area contributed by atoms with Crippen molar-refractivity contribution >= 4 is 40.4 Å². The fourth-order valence-electron chi connectivity index (χ4n) is 3.69. The number of carbonyl (C=O) groups excluding carboxylic acids is 2. The quantitative estimate of drug-likeness (QED) is 0.598.